The second-order valence-corrected chi connectivity index (χ2v) is 6.30. The van der Waals surface area contributed by atoms with Crippen molar-refractivity contribution < 1.29 is 4.39 Å². The molecule has 1 aromatic carbocycles. The summed E-state index contributed by atoms with van der Waals surface area (Å²) in [6, 6.07) is 6.42. The highest BCUT2D eigenvalue weighted by atomic mass is 79.9. The van der Waals surface area contributed by atoms with Gasteiger partial charge in [0, 0.05) is 12.3 Å². The first-order valence-electron chi connectivity index (χ1n) is 7.19. The molecule has 0 unspecified atom stereocenters. The highest BCUT2D eigenvalue weighted by Crippen LogP contribution is 2.38. The lowest BCUT2D eigenvalue weighted by atomic mass is 10.0. The molecule has 0 spiro atoms. The zero-order chi connectivity index (χ0) is 14.8. The summed E-state index contributed by atoms with van der Waals surface area (Å²) in [6.45, 7) is 0. The molecule has 3 nitrogen and oxygen atoms in total. The topological polar surface area (TPSA) is 51.8 Å². The Morgan fingerprint density at radius 3 is 2.48 bits per heavy atom. The molecule has 0 aliphatic heterocycles. The Morgan fingerprint density at radius 1 is 1.14 bits per heavy atom. The van der Waals surface area contributed by atoms with Crippen molar-refractivity contribution in [2.45, 2.75) is 38.0 Å². The average molecular weight is 350 g/mol. The van der Waals surface area contributed by atoms with Crippen molar-refractivity contribution in [2.24, 2.45) is 0 Å². The zero-order valence-corrected chi connectivity index (χ0v) is 13.2. The summed E-state index contributed by atoms with van der Waals surface area (Å²) < 4.78 is 13.8. The van der Waals surface area contributed by atoms with Crippen molar-refractivity contribution in [1.29, 1.82) is 0 Å². The molecule has 1 saturated carbocycles. The van der Waals surface area contributed by atoms with Crippen LogP contribution in [0.4, 0.5) is 10.2 Å². The molecule has 0 radical (unpaired) electrons. The number of nitrogens with zero attached hydrogens (tertiary/aromatic N) is 2. The predicted molar refractivity (Wildman–Crippen MR) is 84.6 cm³/mol. The largest absolute Gasteiger partial charge is 0.383 e. The van der Waals surface area contributed by atoms with Crippen LogP contribution >= 0.6 is 15.9 Å². The van der Waals surface area contributed by atoms with Gasteiger partial charge in [-0.3, -0.25) is 0 Å². The third kappa shape index (κ3) is 3.23. The first-order chi connectivity index (χ1) is 10.1. The fraction of sp³-hybridized carbons (Fsp3) is 0.375. The highest BCUT2D eigenvalue weighted by molar-refractivity contribution is 9.10. The predicted octanol–water partition coefficient (Wildman–Crippen LogP) is 4.21. The maximum absolute atomic E-state index is 13.0. The Balaban J connectivity index is 1.90. The molecule has 0 saturated heterocycles. The van der Waals surface area contributed by atoms with Crippen LogP contribution in [0.3, 0.4) is 0 Å². The van der Waals surface area contributed by atoms with Gasteiger partial charge in [-0.15, -0.1) is 0 Å². The van der Waals surface area contributed by atoms with Crippen LogP contribution in [0, 0.1) is 5.82 Å². The number of hydrogen-bond donors (Lipinski definition) is 1. The van der Waals surface area contributed by atoms with Crippen molar-refractivity contribution in [3.63, 3.8) is 0 Å². The van der Waals surface area contributed by atoms with Gasteiger partial charge < -0.3 is 5.73 Å². The molecule has 1 fully saturated rings. The minimum atomic E-state index is -0.235. The smallest absolute Gasteiger partial charge is 0.141 e. The Labute approximate surface area is 131 Å². The summed E-state index contributed by atoms with van der Waals surface area (Å²) in [5, 5.41) is 0. The van der Waals surface area contributed by atoms with Crippen LogP contribution in [0.25, 0.3) is 0 Å². The van der Waals surface area contributed by atoms with Crippen molar-refractivity contribution in [3.05, 3.63) is 51.6 Å². The van der Waals surface area contributed by atoms with Crippen molar-refractivity contribution in [1.82, 2.24) is 9.97 Å². The molecule has 1 aliphatic carbocycles. The second kappa shape index (κ2) is 6.10. The number of benzene rings is 1. The van der Waals surface area contributed by atoms with Crippen LogP contribution in [0.1, 0.15) is 48.7 Å². The monoisotopic (exact) mass is 349 g/mol. The van der Waals surface area contributed by atoms with Crippen LogP contribution in [0.5, 0.6) is 0 Å². The van der Waals surface area contributed by atoms with E-state index >= 15 is 0 Å². The molecule has 0 bridgehead atoms. The van der Waals surface area contributed by atoms with Gasteiger partial charge in [0.1, 0.15) is 17.5 Å². The van der Waals surface area contributed by atoms with Crippen molar-refractivity contribution in [3.8, 4) is 0 Å². The summed E-state index contributed by atoms with van der Waals surface area (Å²) in [5.41, 5.74) is 8.02. The Morgan fingerprint density at radius 2 is 1.81 bits per heavy atom. The third-order valence-electron chi connectivity index (χ3n) is 3.97. The lowest BCUT2D eigenvalue weighted by molar-refractivity contribution is 0.627. The molecule has 3 rings (SSSR count). The average Bonchev–Trinajstić information content (AvgIpc) is 2.99. The summed E-state index contributed by atoms with van der Waals surface area (Å²) in [6.07, 6.45) is 5.37. The number of anilines is 1. The minimum Gasteiger partial charge on any atom is -0.383 e. The van der Waals surface area contributed by atoms with Gasteiger partial charge in [0.05, 0.1) is 10.2 Å². The van der Waals surface area contributed by atoms with Gasteiger partial charge in [-0.25, -0.2) is 14.4 Å². The normalized spacial score (nSPS) is 15.5. The van der Waals surface area contributed by atoms with Crippen LogP contribution in [-0.4, -0.2) is 9.97 Å². The molecule has 110 valence electrons. The molecule has 0 amide bonds. The van der Waals surface area contributed by atoms with Gasteiger partial charge in [0.25, 0.3) is 0 Å². The zero-order valence-electron chi connectivity index (χ0n) is 11.6. The number of nitrogen functional groups attached to an aromatic ring is 1. The van der Waals surface area contributed by atoms with Gasteiger partial charge in [-0.1, -0.05) is 25.0 Å². The van der Waals surface area contributed by atoms with E-state index in [-0.39, 0.29) is 5.82 Å². The van der Waals surface area contributed by atoms with E-state index in [1.807, 2.05) is 0 Å². The standard InChI is InChI=1S/C16H17BrFN3/c17-14-15(11-3-1-2-4-11)20-13(21-16(14)19)9-10-5-7-12(18)8-6-10/h5-8,11H,1-4,9H2,(H2,19,20,21). The molecule has 1 aromatic heterocycles. The molecule has 5 heteroatoms. The van der Waals surface area contributed by atoms with Gasteiger partial charge in [-0.05, 0) is 46.5 Å². The highest BCUT2D eigenvalue weighted by Gasteiger charge is 2.23. The van der Waals surface area contributed by atoms with Gasteiger partial charge in [0.2, 0.25) is 0 Å². The number of halogens is 2. The van der Waals surface area contributed by atoms with E-state index in [0.717, 1.165) is 28.6 Å². The minimum absolute atomic E-state index is 0.235. The quantitative estimate of drug-likeness (QED) is 0.902. The van der Waals surface area contributed by atoms with E-state index in [4.69, 9.17) is 10.7 Å². The van der Waals surface area contributed by atoms with Gasteiger partial charge in [-0.2, -0.15) is 0 Å². The van der Waals surface area contributed by atoms with Crippen LogP contribution in [-0.2, 0) is 6.42 Å². The first kappa shape index (κ1) is 14.4. The molecule has 1 heterocycles. The van der Waals surface area contributed by atoms with Crippen LogP contribution in [0.15, 0.2) is 28.7 Å². The number of aromatic nitrogens is 2. The molecular weight excluding hydrogens is 333 g/mol. The van der Waals surface area contributed by atoms with E-state index in [2.05, 4.69) is 20.9 Å². The van der Waals surface area contributed by atoms with E-state index in [1.54, 1.807) is 12.1 Å². The summed E-state index contributed by atoms with van der Waals surface area (Å²) >= 11 is 3.52. The Kier molecular flexibility index (Phi) is 4.19. The molecule has 0 atom stereocenters. The second-order valence-electron chi connectivity index (χ2n) is 5.51. The SMILES string of the molecule is Nc1nc(Cc2ccc(F)cc2)nc(C2CCCC2)c1Br. The molecule has 2 N–H and O–H groups in total. The Bertz CT molecular complexity index is 637. The van der Waals surface area contributed by atoms with E-state index in [0.29, 0.717) is 24.0 Å². The third-order valence-corrected chi connectivity index (χ3v) is 4.78. The summed E-state index contributed by atoms with van der Waals surface area (Å²) in [7, 11) is 0. The lowest BCUT2D eigenvalue weighted by Gasteiger charge is -2.14. The van der Waals surface area contributed by atoms with E-state index in [9.17, 15) is 4.39 Å². The number of rotatable bonds is 3. The molecule has 1 aliphatic rings. The van der Waals surface area contributed by atoms with Crippen molar-refractivity contribution in [2.75, 3.05) is 5.73 Å². The van der Waals surface area contributed by atoms with Gasteiger partial charge >= 0.3 is 0 Å². The molecular formula is C16H17BrFN3. The van der Waals surface area contributed by atoms with E-state index in [1.165, 1.54) is 25.0 Å². The lowest BCUT2D eigenvalue weighted by Crippen LogP contribution is -2.08. The van der Waals surface area contributed by atoms with Crippen LogP contribution in [0.2, 0.25) is 0 Å². The van der Waals surface area contributed by atoms with Crippen LogP contribution < -0.4 is 5.73 Å². The summed E-state index contributed by atoms with van der Waals surface area (Å²) in [4.78, 5) is 9.05. The number of nitrogens with two attached hydrogens (primary N) is 1. The van der Waals surface area contributed by atoms with Gasteiger partial charge in [0.15, 0.2) is 0 Å². The fourth-order valence-corrected chi connectivity index (χ4v) is 3.37. The van der Waals surface area contributed by atoms with Crippen molar-refractivity contribution >= 4 is 21.7 Å². The summed E-state index contributed by atoms with van der Waals surface area (Å²) in [5.74, 6) is 1.42. The fourth-order valence-electron chi connectivity index (χ4n) is 2.87. The maximum Gasteiger partial charge on any atom is 0.141 e. The first-order valence-corrected chi connectivity index (χ1v) is 7.99. The molecule has 2 aromatic rings. The number of hydrogen-bond acceptors (Lipinski definition) is 3. The Hall–Kier alpha value is -1.49. The van der Waals surface area contributed by atoms with E-state index < -0.39 is 0 Å². The maximum atomic E-state index is 13.0. The molecule has 21 heavy (non-hydrogen) atoms.